The first-order valence-electron chi connectivity index (χ1n) is 6.09. The van der Waals surface area contributed by atoms with Crippen molar-refractivity contribution in [3.05, 3.63) is 64.1 Å². The molecule has 0 unspecified atom stereocenters. The summed E-state index contributed by atoms with van der Waals surface area (Å²) in [6.45, 7) is 2.12. The minimum atomic E-state index is 0.465. The van der Waals surface area contributed by atoms with E-state index in [0.29, 0.717) is 22.4 Å². The van der Waals surface area contributed by atoms with E-state index in [-0.39, 0.29) is 0 Å². The number of hydrogen-bond donors (Lipinski definition) is 1. The van der Waals surface area contributed by atoms with Gasteiger partial charge in [0.15, 0.2) is 0 Å². The Hall–Kier alpha value is -1.22. The predicted octanol–water partition coefficient (Wildman–Crippen LogP) is 4.16. The highest BCUT2D eigenvalue weighted by molar-refractivity contribution is 6.42. The highest BCUT2D eigenvalue weighted by Crippen LogP contribution is 2.31. The van der Waals surface area contributed by atoms with Crippen LogP contribution in [0.15, 0.2) is 48.5 Å². The summed E-state index contributed by atoms with van der Waals surface area (Å²) in [5, 5.41) is 4.28. The largest absolute Gasteiger partial charge is 0.491 e. The summed E-state index contributed by atoms with van der Waals surface area (Å²) in [5.74, 6) is 0.621. The van der Waals surface area contributed by atoms with Crippen LogP contribution in [0.2, 0.25) is 10.0 Å². The Kier molecular flexibility index (Phi) is 5.52. The number of rotatable bonds is 6. The van der Waals surface area contributed by atoms with E-state index in [1.165, 1.54) is 5.56 Å². The molecular formula is C15H15Cl2NO. The molecule has 4 heteroatoms. The van der Waals surface area contributed by atoms with E-state index in [4.69, 9.17) is 27.9 Å². The number of nitrogens with one attached hydrogen (secondary N) is 1. The lowest BCUT2D eigenvalue weighted by molar-refractivity contribution is 0.314. The van der Waals surface area contributed by atoms with E-state index >= 15 is 0 Å². The van der Waals surface area contributed by atoms with Crippen LogP contribution in [0.25, 0.3) is 0 Å². The zero-order valence-electron chi connectivity index (χ0n) is 10.4. The molecule has 2 aromatic rings. The lowest BCUT2D eigenvalue weighted by atomic mass is 10.2. The molecule has 0 amide bonds. The first-order valence-corrected chi connectivity index (χ1v) is 6.84. The molecule has 0 bridgehead atoms. The maximum absolute atomic E-state index is 6.02. The quantitative estimate of drug-likeness (QED) is 0.808. The van der Waals surface area contributed by atoms with E-state index in [9.17, 15) is 0 Å². The van der Waals surface area contributed by atoms with Crippen LogP contribution < -0.4 is 10.1 Å². The molecule has 19 heavy (non-hydrogen) atoms. The molecule has 0 spiro atoms. The molecule has 100 valence electrons. The Morgan fingerprint density at radius 3 is 2.53 bits per heavy atom. The average molecular weight is 296 g/mol. The van der Waals surface area contributed by atoms with Gasteiger partial charge in [-0.05, 0) is 17.7 Å². The van der Waals surface area contributed by atoms with Crippen molar-refractivity contribution in [1.82, 2.24) is 5.32 Å². The summed E-state index contributed by atoms with van der Waals surface area (Å²) in [6.07, 6.45) is 0. The third kappa shape index (κ3) is 4.43. The van der Waals surface area contributed by atoms with Gasteiger partial charge in [-0.2, -0.15) is 0 Å². The number of halogens is 2. The van der Waals surface area contributed by atoms with E-state index in [0.717, 1.165) is 13.1 Å². The molecule has 0 aliphatic carbocycles. The SMILES string of the molecule is Clc1cccc(OCCNCc2ccccc2)c1Cl. The average Bonchev–Trinajstić information content (AvgIpc) is 2.44. The summed E-state index contributed by atoms with van der Waals surface area (Å²) in [6, 6.07) is 15.6. The molecule has 0 aliphatic rings. The fraction of sp³-hybridized carbons (Fsp3) is 0.200. The first-order chi connectivity index (χ1) is 9.27. The van der Waals surface area contributed by atoms with Gasteiger partial charge in [0.25, 0.3) is 0 Å². The number of hydrogen-bond acceptors (Lipinski definition) is 2. The van der Waals surface area contributed by atoms with Crippen molar-refractivity contribution >= 4 is 23.2 Å². The first kappa shape index (κ1) is 14.2. The number of benzene rings is 2. The second kappa shape index (κ2) is 7.39. The summed E-state index contributed by atoms with van der Waals surface area (Å²) in [5.41, 5.74) is 1.25. The highest BCUT2D eigenvalue weighted by Gasteiger charge is 2.04. The lowest BCUT2D eigenvalue weighted by Crippen LogP contribution is -2.20. The Labute approximate surface area is 123 Å². The second-order valence-electron chi connectivity index (χ2n) is 4.06. The molecular weight excluding hydrogens is 281 g/mol. The number of ether oxygens (including phenoxy) is 1. The van der Waals surface area contributed by atoms with E-state index in [1.54, 1.807) is 6.07 Å². The molecule has 2 nitrogen and oxygen atoms in total. The molecule has 1 N–H and O–H groups in total. The Balaban J connectivity index is 1.71. The van der Waals surface area contributed by atoms with Crippen LogP contribution in [0.1, 0.15) is 5.56 Å². The Morgan fingerprint density at radius 1 is 0.947 bits per heavy atom. The fourth-order valence-electron chi connectivity index (χ4n) is 1.66. The van der Waals surface area contributed by atoms with Crippen molar-refractivity contribution in [1.29, 1.82) is 0 Å². The van der Waals surface area contributed by atoms with Gasteiger partial charge in [-0.3, -0.25) is 0 Å². The third-order valence-corrected chi connectivity index (χ3v) is 3.43. The minimum absolute atomic E-state index is 0.465. The summed E-state index contributed by atoms with van der Waals surface area (Å²) >= 11 is 11.9. The molecule has 0 atom stereocenters. The lowest BCUT2D eigenvalue weighted by Gasteiger charge is -2.09. The van der Waals surface area contributed by atoms with Crippen LogP contribution >= 0.6 is 23.2 Å². The van der Waals surface area contributed by atoms with E-state index < -0.39 is 0 Å². The summed E-state index contributed by atoms with van der Waals surface area (Å²) in [4.78, 5) is 0. The Morgan fingerprint density at radius 2 is 1.74 bits per heavy atom. The van der Waals surface area contributed by atoms with Gasteiger partial charge in [0.1, 0.15) is 17.4 Å². The zero-order valence-corrected chi connectivity index (χ0v) is 11.9. The van der Waals surface area contributed by atoms with Crippen molar-refractivity contribution < 1.29 is 4.74 Å². The molecule has 0 fully saturated rings. The van der Waals surface area contributed by atoms with Gasteiger partial charge in [-0.1, -0.05) is 59.6 Å². The standard InChI is InChI=1S/C15H15Cl2NO/c16-13-7-4-8-14(15(13)17)19-10-9-18-11-12-5-2-1-3-6-12/h1-8,18H,9-11H2. The minimum Gasteiger partial charge on any atom is -0.491 e. The third-order valence-electron chi connectivity index (χ3n) is 2.62. The molecule has 0 aliphatic heterocycles. The maximum atomic E-state index is 6.02. The molecule has 0 heterocycles. The maximum Gasteiger partial charge on any atom is 0.139 e. The summed E-state index contributed by atoms with van der Waals surface area (Å²) < 4.78 is 5.58. The van der Waals surface area contributed by atoms with Crippen molar-refractivity contribution in [3.8, 4) is 5.75 Å². The molecule has 0 aromatic heterocycles. The topological polar surface area (TPSA) is 21.3 Å². The second-order valence-corrected chi connectivity index (χ2v) is 4.85. The monoisotopic (exact) mass is 295 g/mol. The van der Waals surface area contributed by atoms with Gasteiger partial charge in [0, 0.05) is 13.1 Å². The van der Waals surface area contributed by atoms with Crippen molar-refractivity contribution in [3.63, 3.8) is 0 Å². The molecule has 0 saturated heterocycles. The smallest absolute Gasteiger partial charge is 0.139 e. The van der Waals surface area contributed by atoms with Gasteiger partial charge in [0.2, 0.25) is 0 Å². The van der Waals surface area contributed by atoms with Crippen molar-refractivity contribution in [2.75, 3.05) is 13.2 Å². The molecule has 2 aromatic carbocycles. The van der Waals surface area contributed by atoms with Gasteiger partial charge in [-0.15, -0.1) is 0 Å². The summed E-state index contributed by atoms with van der Waals surface area (Å²) in [7, 11) is 0. The van der Waals surface area contributed by atoms with Crippen LogP contribution in [0.3, 0.4) is 0 Å². The van der Waals surface area contributed by atoms with E-state index in [1.807, 2.05) is 30.3 Å². The van der Waals surface area contributed by atoms with Gasteiger partial charge in [-0.25, -0.2) is 0 Å². The van der Waals surface area contributed by atoms with Crippen LogP contribution in [-0.2, 0) is 6.54 Å². The van der Waals surface area contributed by atoms with Crippen LogP contribution in [0.4, 0.5) is 0 Å². The molecule has 0 saturated carbocycles. The van der Waals surface area contributed by atoms with Gasteiger partial charge in [0.05, 0.1) is 5.02 Å². The van der Waals surface area contributed by atoms with Gasteiger partial charge < -0.3 is 10.1 Å². The van der Waals surface area contributed by atoms with Crippen LogP contribution in [-0.4, -0.2) is 13.2 Å². The highest BCUT2D eigenvalue weighted by atomic mass is 35.5. The molecule has 0 radical (unpaired) electrons. The molecule has 2 rings (SSSR count). The van der Waals surface area contributed by atoms with Crippen molar-refractivity contribution in [2.24, 2.45) is 0 Å². The van der Waals surface area contributed by atoms with E-state index in [2.05, 4.69) is 17.4 Å². The van der Waals surface area contributed by atoms with Crippen LogP contribution in [0.5, 0.6) is 5.75 Å². The fourth-order valence-corrected chi connectivity index (χ4v) is 2.00. The van der Waals surface area contributed by atoms with Crippen LogP contribution in [0, 0.1) is 0 Å². The Bertz CT molecular complexity index is 517. The van der Waals surface area contributed by atoms with Gasteiger partial charge >= 0.3 is 0 Å². The predicted molar refractivity (Wildman–Crippen MR) is 80.1 cm³/mol. The van der Waals surface area contributed by atoms with Crippen molar-refractivity contribution in [2.45, 2.75) is 6.54 Å². The normalized spacial score (nSPS) is 10.4. The zero-order chi connectivity index (χ0) is 13.5.